The molecule has 0 spiro atoms. The molecule has 0 saturated carbocycles. The van der Waals surface area contributed by atoms with Crippen LogP contribution in [-0.2, 0) is 10.3 Å². The summed E-state index contributed by atoms with van der Waals surface area (Å²) in [5.74, 6) is -0.827. The molecule has 3 aromatic rings. The van der Waals surface area contributed by atoms with Crippen molar-refractivity contribution in [3.63, 3.8) is 0 Å². The number of carbonyl (C=O) groups is 3. The standard InChI is InChI=1S/C22H21N5O3S/c1-12(31-21-24-25-26-27(21)22(2,3)4)20(30)23-16-11-7-10-15-17(16)19(29)14-9-6-5-8-13(14)18(15)28/h5-12H,1-4H3,(H,23,30). The third-order valence-corrected chi connectivity index (χ3v) is 5.97. The molecule has 9 heteroatoms. The lowest BCUT2D eigenvalue weighted by Gasteiger charge is -2.22. The number of nitrogens with one attached hydrogen (secondary N) is 1. The highest BCUT2D eigenvalue weighted by molar-refractivity contribution is 8.00. The second kappa shape index (κ2) is 7.73. The number of thioether (sulfide) groups is 1. The van der Waals surface area contributed by atoms with Crippen molar-refractivity contribution in [3.05, 3.63) is 64.7 Å². The molecule has 1 aliphatic carbocycles. The van der Waals surface area contributed by atoms with Gasteiger partial charge in [-0.25, -0.2) is 4.68 Å². The Hall–Kier alpha value is -3.33. The lowest BCUT2D eigenvalue weighted by Crippen LogP contribution is -2.28. The van der Waals surface area contributed by atoms with E-state index in [2.05, 4.69) is 20.8 Å². The van der Waals surface area contributed by atoms with Crippen LogP contribution in [0.5, 0.6) is 0 Å². The molecular formula is C22H21N5O3S. The quantitative estimate of drug-likeness (QED) is 0.490. The summed E-state index contributed by atoms with van der Waals surface area (Å²) in [6.45, 7) is 7.64. The highest BCUT2D eigenvalue weighted by Gasteiger charge is 2.32. The number of tetrazole rings is 1. The molecule has 1 unspecified atom stereocenters. The van der Waals surface area contributed by atoms with Gasteiger partial charge in [0, 0.05) is 16.7 Å². The van der Waals surface area contributed by atoms with E-state index in [9.17, 15) is 14.4 Å². The zero-order chi connectivity index (χ0) is 22.3. The van der Waals surface area contributed by atoms with E-state index in [4.69, 9.17) is 0 Å². The van der Waals surface area contributed by atoms with Crippen LogP contribution in [-0.4, -0.2) is 42.9 Å². The molecule has 0 bridgehead atoms. The lowest BCUT2D eigenvalue weighted by molar-refractivity contribution is -0.115. The van der Waals surface area contributed by atoms with Crippen LogP contribution in [0.4, 0.5) is 5.69 Å². The topological polar surface area (TPSA) is 107 Å². The van der Waals surface area contributed by atoms with Gasteiger partial charge in [0.15, 0.2) is 11.6 Å². The molecule has 1 aromatic heterocycles. The Bertz CT molecular complexity index is 1210. The largest absolute Gasteiger partial charge is 0.324 e. The fourth-order valence-corrected chi connectivity index (χ4v) is 4.34. The number of hydrogen-bond donors (Lipinski definition) is 1. The average Bonchev–Trinajstić information content (AvgIpc) is 3.20. The first kappa shape index (κ1) is 20.9. The van der Waals surface area contributed by atoms with Crippen molar-refractivity contribution < 1.29 is 14.4 Å². The van der Waals surface area contributed by atoms with E-state index >= 15 is 0 Å². The van der Waals surface area contributed by atoms with Gasteiger partial charge in [0.2, 0.25) is 11.1 Å². The van der Waals surface area contributed by atoms with E-state index in [1.54, 1.807) is 54.1 Å². The van der Waals surface area contributed by atoms with Crippen molar-refractivity contribution in [2.24, 2.45) is 0 Å². The predicted molar refractivity (Wildman–Crippen MR) is 117 cm³/mol. The third kappa shape index (κ3) is 3.76. The van der Waals surface area contributed by atoms with Crippen LogP contribution in [0.1, 0.15) is 59.5 Å². The van der Waals surface area contributed by atoms with Crippen molar-refractivity contribution in [3.8, 4) is 0 Å². The van der Waals surface area contributed by atoms with Crippen LogP contribution in [0.2, 0.25) is 0 Å². The number of carbonyl (C=O) groups excluding carboxylic acids is 3. The number of rotatable bonds is 4. The van der Waals surface area contributed by atoms with Crippen LogP contribution >= 0.6 is 11.8 Å². The number of aromatic nitrogens is 4. The third-order valence-electron chi connectivity index (χ3n) is 4.94. The Kier molecular flexibility index (Phi) is 5.22. The van der Waals surface area contributed by atoms with Gasteiger partial charge in [0.25, 0.3) is 0 Å². The minimum atomic E-state index is -0.537. The van der Waals surface area contributed by atoms with E-state index in [1.165, 1.54) is 11.8 Å². The van der Waals surface area contributed by atoms with Gasteiger partial charge >= 0.3 is 0 Å². The highest BCUT2D eigenvalue weighted by Crippen LogP contribution is 2.33. The fourth-order valence-electron chi connectivity index (χ4n) is 3.37. The minimum absolute atomic E-state index is 0.219. The Morgan fingerprint density at radius 3 is 2.32 bits per heavy atom. The summed E-state index contributed by atoms with van der Waals surface area (Å²) in [7, 11) is 0. The van der Waals surface area contributed by atoms with Crippen molar-refractivity contribution in [1.82, 2.24) is 20.2 Å². The van der Waals surface area contributed by atoms with E-state index in [0.29, 0.717) is 27.5 Å². The van der Waals surface area contributed by atoms with Crippen molar-refractivity contribution >= 4 is 34.9 Å². The summed E-state index contributed by atoms with van der Waals surface area (Å²) in [6, 6.07) is 11.6. The average molecular weight is 436 g/mol. The number of anilines is 1. The van der Waals surface area contributed by atoms with E-state index in [-0.39, 0.29) is 28.6 Å². The Morgan fingerprint density at radius 1 is 1.00 bits per heavy atom. The Morgan fingerprint density at radius 2 is 1.65 bits per heavy atom. The van der Waals surface area contributed by atoms with Crippen molar-refractivity contribution in [2.45, 2.75) is 43.6 Å². The van der Waals surface area contributed by atoms with E-state index in [1.807, 2.05) is 20.8 Å². The van der Waals surface area contributed by atoms with E-state index in [0.717, 1.165) is 0 Å². The lowest BCUT2D eigenvalue weighted by atomic mass is 9.83. The molecule has 0 saturated heterocycles. The van der Waals surface area contributed by atoms with Gasteiger partial charge in [-0.05, 0) is 44.2 Å². The van der Waals surface area contributed by atoms with Crippen molar-refractivity contribution in [2.75, 3.05) is 5.32 Å². The summed E-state index contributed by atoms with van der Waals surface area (Å²) < 4.78 is 1.66. The summed E-state index contributed by atoms with van der Waals surface area (Å²) in [4.78, 5) is 38.9. The number of hydrogen-bond acceptors (Lipinski definition) is 7. The van der Waals surface area contributed by atoms with Crippen LogP contribution in [0.25, 0.3) is 0 Å². The molecule has 158 valence electrons. The molecule has 1 N–H and O–H groups in total. The zero-order valence-electron chi connectivity index (χ0n) is 17.5. The molecular weight excluding hydrogens is 414 g/mol. The molecule has 8 nitrogen and oxygen atoms in total. The van der Waals surface area contributed by atoms with Crippen LogP contribution < -0.4 is 5.32 Å². The second-order valence-electron chi connectivity index (χ2n) is 8.23. The maximum atomic E-state index is 13.1. The predicted octanol–water partition coefficient (Wildman–Crippen LogP) is 3.32. The molecule has 1 amide bonds. The first-order valence-electron chi connectivity index (χ1n) is 9.76. The van der Waals surface area contributed by atoms with Gasteiger partial charge in [-0.3, -0.25) is 14.4 Å². The number of nitrogens with zero attached hydrogens (tertiary/aromatic N) is 4. The molecule has 31 heavy (non-hydrogen) atoms. The van der Waals surface area contributed by atoms with Crippen LogP contribution in [0.3, 0.4) is 0 Å². The van der Waals surface area contributed by atoms with Gasteiger partial charge in [-0.1, -0.05) is 48.2 Å². The first-order chi connectivity index (χ1) is 14.7. The monoisotopic (exact) mass is 435 g/mol. The van der Waals surface area contributed by atoms with Crippen molar-refractivity contribution in [1.29, 1.82) is 0 Å². The molecule has 1 atom stereocenters. The van der Waals surface area contributed by atoms with Gasteiger partial charge in [-0.2, -0.15) is 0 Å². The second-order valence-corrected chi connectivity index (χ2v) is 9.53. The first-order valence-corrected chi connectivity index (χ1v) is 10.6. The molecule has 1 aliphatic rings. The smallest absolute Gasteiger partial charge is 0.237 e. The molecule has 4 rings (SSSR count). The molecule has 0 aliphatic heterocycles. The van der Waals surface area contributed by atoms with Gasteiger partial charge in [0.05, 0.1) is 22.0 Å². The summed E-state index contributed by atoms with van der Waals surface area (Å²) >= 11 is 1.22. The fraction of sp³-hybridized carbons (Fsp3) is 0.273. The molecule has 2 aromatic carbocycles. The number of amides is 1. The summed E-state index contributed by atoms with van der Waals surface area (Å²) in [5, 5.41) is 14.5. The number of ketones is 2. The normalized spacial score (nSPS) is 14.1. The van der Waals surface area contributed by atoms with Gasteiger partial charge in [-0.15, -0.1) is 5.10 Å². The maximum Gasteiger partial charge on any atom is 0.237 e. The van der Waals surface area contributed by atoms with E-state index < -0.39 is 5.25 Å². The molecule has 0 radical (unpaired) electrons. The SMILES string of the molecule is CC(Sc1nnnn1C(C)(C)C)C(=O)Nc1cccc2c1C(=O)c1ccccc1C2=O. The molecule has 1 heterocycles. The van der Waals surface area contributed by atoms with Gasteiger partial charge in [0.1, 0.15) is 0 Å². The van der Waals surface area contributed by atoms with Crippen LogP contribution in [0.15, 0.2) is 47.6 Å². The highest BCUT2D eigenvalue weighted by atomic mass is 32.2. The Balaban J connectivity index is 1.60. The Labute approximate surface area is 183 Å². The number of benzene rings is 2. The van der Waals surface area contributed by atoms with Crippen LogP contribution in [0, 0.1) is 0 Å². The minimum Gasteiger partial charge on any atom is -0.324 e. The van der Waals surface area contributed by atoms with Gasteiger partial charge < -0.3 is 5.32 Å². The number of fused-ring (bicyclic) bond motifs is 2. The zero-order valence-corrected chi connectivity index (χ0v) is 18.4. The summed E-state index contributed by atoms with van der Waals surface area (Å²) in [5.41, 5.74) is 1.21. The maximum absolute atomic E-state index is 13.1. The summed E-state index contributed by atoms with van der Waals surface area (Å²) in [6.07, 6.45) is 0. The molecule has 0 fully saturated rings.